The van der Waals surface area contributed by atoms with Crippen LogP contribution in [0.3, 0.4) is 0 Å². The molecule has 2 aliphatic heterocycles. The molecule has 1 aromatic rings. The molecule has 0 radical (unpaired) electrons. The standard InChI is InChI=1S/C22H30N6O9S/c1-10-7-28(20(34)35-10)8-11-13(15(29)23-11)25-16(30)14(27-37-22(5,6)17(31)32)12-9-38-18(24-12)26-19(33)36-21(2,3)4/h9-11,13H,7-8H2,1-6H3,(H,23,29)(H,25,30)(H,31,32)(H,24,26,33)/t10-,11+,13+/m1/s1. The summed E-state index contributed by atoms with van der Waals surface area (Å²) in [6.45, 7) is 9.71. The zero-order valence-corrected chi connectivity index (χ0v) is 22.5. The molecule has 2 fully saturated rings. The van der Waals surface area contributed by atoms with E-state index in [1.807, 2.05) is 0 Å². The molecule has 3 rings (SSSR count). The van der Waals surface area contributed by atoms with E-state index >= 15 is 0 Å². The minimum Gasteiger partial charge on any atom is -0.478 e. The van der Waals surface area contributed by atoms with Gasteiger partial charge in [-0.2, -0.15) is 0 Å². The molecule has 0 bridgehead atoms. The molecule has 2 aliphatic rings. The number of β-lactam (4-membered cyclic amide) rings is 1. The quantitative estimate of drug-likeness (QED) is 0.193. The summed E-state index contributed by atoms with van der Waals surface area (Å²) in [6.07, 6.45) is -1.59. The molecule has 3 heterocycles. The Kier molecular flexibility index (Phi) is 8.14. The highest BCUT2D eigenvalue weighted by Gasteiger charge is 2.44. The van der Waals surface area contributed by atoms with E-state index in [9.17, 15) is 29.1 Å². The monoisotopic (exact) mass is 554 g/mol. The third-order valence-corrected chi connectivity index (χ3v) is 5.96. The van der Waals surface area contributed by atoms with Gasteiger partial charge in [-0.1, -0.05) is 5.16 Å². The van der Waals surface area contributed by atoms with Crippen LogP contribution in [0.25, 0.3) is 0 Å². The number of cyclic esters (lactones) is 1. The molecular weight excluding hydrogens is 524 g/mol. The van der Waals surface area contributed by atoms with Gasteiger partial charge in [-0.15, -0.1) is 11.3 Å². The maximum Gasteiger partial charge on any atom is 0.413 e. The van der Waals surface area contributed by atoms with Crippen molar-refractivity contribution in [1.29, 1.82) is 0 Å². The number of hydrogen-bond donors (Lipinski definition) is 4. The second-order valence-corrected chi connectivity index (χ2v) is 11.0. The number of amides is 4. The lowest BCUT2D eigenvalue weighted by Gasteiger charge is -2.38. The van der Waals surface area contributed by atoms with E-state index in [0.717, 1.165) is 11.3 Å². The minimum absolute atomic E-state index is 0.0482. The van der Waals surface area contributed by atoms with Crippen molar-refractivity contribution in [3.63, 3.8) is 0 Å². The van der Waals surface area contributed by atoms with E-state index in [-0.39, 0.29) is 23.5 Å². The van der Waals surface area contributed by atoms with Crippen LogP contribution in [0.1, 0.15) is 47.2 Å². The number of oxime groups is 1. The second kappa shape index (κ2) is 10.8. The van der Waals surface area contributed by atoms with Gasteiger partial charge in [0.25, 0.3) is 5.91 Å². The molecular formula is C22H30N6O9S. The van der Waals surface area contributed by atoms with Crippen molar-refractivity contribution in [2.24, 2.45) is 5.16 Å². The fourth-order valence-electron chi connectivity index (χ4n) is 3.26. The minimum atomic E-state index is -1.79. The molecule has 16 heteroatoms. The van der Waals surface area contributed by atoms with E-state index in [0.29, 0.717) is 6.54 Å². The van der Waals surface area contributed by atoms with E-state index < -0.39 is 59.0 Å². The molecule has 1 aromatic heterocycles. The maximum absolute atomic E-state index is 13.2. The van der Waals surface area contributed by atoms with Crippen molar-refractivity contribution >= 4 is 52.2 Å². The highest BCUT2D eigenvalue weighted by Crippen LogP contribution is 2.20. The third-order valence-electron chi connectivity index (χ3n) is 5.20. The number of anilines is 1. The number of aliphatic carboxylic acids is 1. The summed E-state index contributed by atoms with van der Waals surface area (Å²) < 4.78 is 10.3. The van der Waals surface area contributed by atoms with Gasteiger partial charge < -0.3 is 35.0 Å². The fraction of sp³-hybridized carbons (Fsp3) is 0.591. The molecule has 38 heavy (non-hydrogen) atoms. The first kappa shape index (κ1) is 28.6. The van der Waals surface area contributed by atoms with Crippen LogP contribution in [0.15, 0.2) is 10.5 Å². The van der Waals surface area contributed by atoms with Crippen LogP contribution in [0.4, 0.5) is 14.7 Å². The first-order valence-electron chi connectivity index (χ1n) is 11.6. The second-order valence-electron chi connectivity index (χ2n) is 10.2. The number of carbonyl (C=O) groups is 5. The summed E-state index contributed by atoms with van der Waals surface area (Å²) in [6, 6.07) is -1.61. The summed E-state index contributed by atoms with van der Waals surface area (Å²) in [5.41, 5.74) is -3.02. The lowest BCUT2D eigenvalue weighted by Crippen LogP contribution is -2.72. The van der Waals surface area contributed by atoms with Crippen LogP contribution in [0, 0.1) is 0 Å². The molecule has 0 spiro atoms. The van der Waals surface area contributed by atoms with Crippen molar-refractivity contribution in [2.45, 2.75) is 70.9 Å². The Labute approximate surface area is 221 Å². The van der Waals surface area contributed by atoms with Gasteiger partial charge in [0, 0.05) is 11.9 Å². The largest absolute Gasteiger partial charge is 0.478 e. The first-order valence-corrected chi connectivity index (χ1v) is 12.5. The van der Waals surface area contributed by atoms with Gasteiger partial charge in [-0.05, 0) is 41.5 Å². The van der Waals surface area contributed by atoms with Crippen LogP contribution in [0.5, 0.6) is 0 Å². The van der Waals surface area contributed by atoms with Gasteiger partial charge in [-0.25, -0.2) is 19.4 Å². The number of aromatic nitrogens is 1. The third kappa shape index (κ3) is 7.08. The molecule has 0 aliphatic carbocycles. The van der Waals surface area contributed by atoms with Crippen LogP contribution in [0.2, 0.25) is 0 Å². The smallest absolute Gasteiger partial charge is 0.413 e. The van der Waals surface area contributed by atoms with Gasteiger partial charge in [0.1, 0.15) is 23.4 Å². The van der Waals surface area contributed by atoms with Gasteiger partial charge in [0.15, 0.2) is 10.8 Å². The molecule has 208 valence electrons. The Bertz CT molecular complexity index is 1160. The Morgan fingerprint density at radius 2 is 1.97 bits per heavy atom. The first-order chi connectivity index (χ1) is 17.6. The maximum atomic E-state index is 13.2. The number of carboxylic acid groups (broad SMARTS) is 1. The molecule has 4 N–H and O–H groups in total. The number of thiazole rings is 1. The van der Waals surface area contributed by atoms with Gasteiger partial charge in [-0.3, -0.25) is 14.9 Å². The predicted molar refractivity (Wildman–Crippen MR) is 133 cm³/mol. The normalized spacial score (nSPS) is 21.7. The molecule has 0 aromatic carbocycles. The Morgan fingerprint density at radius 1 is 1.29 bits per heavy atom. The van der Waals surface area contributed by atoms with Gasteiger partial charge >= 0.3 is 18.2 Å². The van der Waals surface area contributed by atoms with Crippen molar-refractivity contribution < 1.29 is 43.4 Å². The summed E-state index contributed by atoms with van der Waals surface area (Å²) in [4.78, 5) is 71.5. The summed E-state index contributed by atoms with van der Waals surface area (Å²) in [5.74, 6) is -2.71. The molecule has 15 nitrogen and oxygen atoms in total. The zero-order valence-electron chi connectivity index (χ0n) is 21.7. The number of hydrogen-bond acceptors (Lipinski definition) is 11. The average Bonchev–Trinajstić information content (AvgIpc) is 3.35. The van der Waals surface area contributed by atoms with Crippen LogP contribution in [-0.2, 0) is 28.7 Å². The summed E-state index contributed by atoms with van der Waals surface area (Å²) >= 11 is 0.958. The Balaban J connectivity index is 1.78. The molecule has 2 saturated heterocycles. The zero-order chi connectivity index (χ0) is 28.4. The van der Waals surface area contributed by atoms with E-state index in [1.54, 1.807) is 27.7 Å². The van der Waals surface area contributed by atoms with E-state index in [1.165, 1.54) is 24.1 Å². The van der Waals surface area contributed by atoms with Crippen molar-refractivity contribution in [1.82, 2.24) is 20.5 Å². The van der Waals surface area contributed by atoms with Crippen LogP contribution in [-0.4, -0.2) is 93.2 Å². The number of ether oxygens (including phenoxy) is 2. The van der Waals surface area contributed by atoms with Gasteiger partial charge in [0.2, 0.25) is 11.5 Å². The van der Waals surface area contributed by atoms with Crippen LogP contribution < -0.4 is 16.0 Å². The fourth-order valence-corrected chi connectivity index (χ4v) is 3.94. The average molecular weight is 555 g/mol. The predicted octanol–water partition coefficient (Wildman–Crippen LogP) is 0.898. The Hall–Kier alpha value is -3.95. The van der Waals surface area contributed by atoms with Crippen molar-refractivity contribution in [3.8, 4) is 0 Å². The summed E-state index contributed by atoms with van der Waals surface area (Å²) in [5, 5.41) is 22.1. The van der Waals surface area contributed by atoms with Gasteiger partial charge in [0.05, 0.1) is 12.6 Å². The lowest BCUT2D eigenvalue weighted by atomic mass is 9.98. The number of carbonyl (C=O) groups excluding carboxylic acids is 4. The van der Waals surface area contributed by atoms with E-state index in [4.69, 9.17) is 14.3 Å². The number of rotatable bonds is 9. The number of nitrogens with one attached hydrogen (secondary N) is 3. The Morgan fingerprint density at radius 3 is 2.53 bits per heavy atom. The van der Waals surface area contributed by atoms with E-state index in [2.05, 4.69) is 26.1 Å². The SMILES string of the molecule is C[C@@H]1CN(C[C@@H]2NC(=O)[C@H]2NC(=O)C(=NOC(C)(C)C(=O)O)c2csc(NC(=O)OC(C)(C)C)n2)C(=O)O1. The van der Waals surface area contributed by atoms with Crippen molar-refractivity contribution in [2.75, 3.05) is 18.4 Å². The summed E-state index contributed by atoms with van der Waals surface area (Å²) in [7, 11) is 0. The van der Waals surface area contributed by atoms with Crippen molar-refractivity contribution in [3.05, 3.63) is 11.1 Å². The number of carboxylic acids is 1. The molecule has 0 unspecified atom stereocenters. The number of nitrogens with zero attached hydrogens (tertiary/aromatic N) is 3. The highest BCUT2D eigenvalue weighted by molar-refractivity contribution is 7.14. The highest BCUT2D eigenvalue weighted by atomic mass is 32.1. The van der Waals surface area contributed by atoms with Crippen LogP contribution >= 0.6 is 11.3 Å². The molecule has 0 saturated carbocycles. The topological polar surface area (TPSA) is 198 Å². The molecule has 4 amide bonds. The lowest BCUT2D eigenvalue weighted by molar-refractivity contribution is -0.161. The molecule has 3 atom stereocenters.